The molecule has 0 saturated carbocycles. The molecule has 0 aliphatic carbocycles. The second kappa shape index (κ2) is 5.22. The van der Waals surface area contributed by atoms with Crippen molar-refractivity contribution < 1.29 is 4.79 Å². The zero-order valence-corrected chi connectivity index (χ0v) is 8.75. The lowest BCUT2D eigenvalue weighted by molar-refractivity contribution is -0.127. The first-order valence-electron chi connectivity index (χ1n) is 5.14. The fourth-order valence-electron chi connectivity index (χ4n) is 1.70. The second-order valence-corrected chi connectivity index (χ2v) is 3.84. The van der Waals surface area contributed by atoms with Crippen molar-refractivity contribution in [2.24, 2.45) is 0 Å². The molecule has 1 aliphatic rings. The average Bonchev–Trinajstić information content (AvgIpc) is 2.56. The highest BCUT2D eigenvalue weighted by Crippen LogP contribution is 2.07. The van der Waals surface area contributed by atoms with Gasteiger partial charge < -0.3 is 9.80 Å². The third kappa shape index (κ3) is 3.77. The van der Waals surface area contributed by atoms with E-state index in [1.807, 2.05) is 7.05 Å². The summed E-state index contributed by atoms with van der Waals surface area (Å²) < 4.78 is 0. The second-order valence-electron chi connectivity index (χ2n) is 3.84. The number of amides is 1. The van der Waals surface area contributed by atoms with Crippen LogP contribution in [0.1, 0.15) is 26.2 Å². The normalized spacial score (nSPS) is 17.7. The van der Waals surface area contributed by atoms with Gasteiger partial charge in [0.1, 0.15) is 0 Å². The van der Waals surface area contributed by atoms with Crippen molar-refractivity contribution in [3.05, 3.63) is 0 Å². The molecule has 0 aromatic carbocycles. The van der Waals surface area contributed by atoms with E-state index >= 15 is 0 Å². The highest BCUT2D eigenvalue weighted by molar-refractivity contribution is 5.72. The lowest BCUT2D eigenvalue weighted by Gasteiger charge is -2.18. The molecule has 13 heavy (non-hydrogen) atoms. The summed E-state index contributed by atoms with van der Waals surface area (Å²) >= 11 is 0. The van der Waals surface area contributed by atoms with Crippen molar-refractivity contribution in [1.29, 1.82) is 0 Å². The van der Waals surface area contributed by atoms with Gasteiger partial charge in [-0.3, -0.25) is 4.79 Å². The van der Waals surface area contributed by atoms with E-state index in [0.29, 0.717) is 0 Å². The average molecular weight is 184 g/mol. The van der Waals surface area contributed by atoms with E-state index in [-0.39, 0.29) is 5.91 Å². The number of nitrogens with zero attached hydrogens (tertiary/aromatic N) is 2. The molecule has 1 heterocycles. The maximum atomic E-state index is 10.9. The minimum atomic E-state index is 0.168. The summed E-state index contributed by atoms with van der Waals surface area (Å²) in [6.45, 7) is 6.17. The summed E-state index contributed by atoms with van der Waals surface area (Å²) in [5.74, 6) is 0.168. The van der Waals surface area contributed by atoms with E-state index in [4.69, 9.17) is 0 Å². The maximum Gasteiger partial charge on any atom is 0.219 e. The molecule has 0 radical (unpaired) electrons. The van der Waals surface area contributed by atoms with E-state index in [1.54, 1.807) is 11.8 Å². The van der Waals surface area contributed by atoms with Crippen LogP contribution in [0.25, 0.3) is 0 Å². The van der Waals surface area contributed by atoms with Crippen LogP contribution in [0.3, 0.4) is 0 Å². The zero-order chi connectivity index (χ0) is 9.68. The first-order chi connectivity index (χ1) is 6.20. The Kier molecular flexibility index (Phi) is 4.22. The summed E-state index contributed by atoms with van der Waals surface area (Å²) in [5.41, 5.74) is 0. The van der Waals surface area contributed by atoms with Gasteiger partial charge in [0.25, 0.3) is 0 Å². The number of carbonyl (C=O) groups excluding carboxylic acids is 1. The van der Waals surface area contributed by atoms with E-state index in [2.05, 4.69) is 4.90 Å². The summed E-state index contributed by atoms with van der Waals surface area (Å²) in [4.78, 5) is 15.2. The van der Waals surface area contributed by atoms with Crippen LogP contribution in [-0.2, 0) is 4.79 Å². The predicted octanol–water partition coefficient (Wildman–Crippen LogP) is 0.951. The van der Waals surface area contributed by atoms with Crippen LogP contribution in [-0.4, -0.2) is 48.9 Å². The molecule has 76 valence electrons. The molecule has 0 unspecified atom stereocenters. The predicted molar refractivity (Wildman–Crippen MR) is 53.6 cm³/mol. The van der Waals surface area contributed by atoms with Crippen LogP contribution in [0.15, 0.2) is 0 Å². The van der Waals surface area contributed by atoms with E-state index in [0.717, 1.165) is 19.5 Å². The molecular weight excluding hydrogens is 164 g/mol. The minimum Gasteiger partial charge on any atom is -0.346 e. The smallest absolute Gasteiger partial charge is 0.219 e. The van der Waals surface area contributed by atoms with Crippen LogP contribution in [0.4, 0.5) is 0 Å². The van der Waals surface area contributed by atoms with Gasteiger partial charge in [-0.2, -0.15) is 0 Å². The molecule has 0 bridgehead atoms. The van der Waals surface area contributed by atoms with E-state index in [9.17, 15) is 4.79 Å². The molecule has 3 heteroatoms. The number of likely N-dealkylation sites (tertiary alicyclic amines) is 1. The largest absolute Gasteiger partial charge is 0.346 e. The topological polar surface area (TPSA) is 23.6 Å². The number of rotatable bonds is 4. The number of hydrogen-bond acceptors (Lipinski definition) is 2. The highest BCUT2D eigenvalue weighted by Gasteiger charge is 2.10. The molecule has 0 atom stereocenters. The Balaban J connectivity index is 2.02. The summed E-state index contributed by atoms with van der Waals surface area (Å²) in [6, 6.07) is 0. The van der Waals surface area contributed by atoms with Gasteiger partial charge in [-0.05, 0) is 38.9 Å². The fourth-order valence-corrected chi connectivity index (χ4v) is 1.70. The van der Waals surface area contributed by atoms with E-state index in [1.165, 1.54) is 25.9 Å². The molecule has 0 aromatic rings. The van der Waals surface area contributed by atoms with Gasteiger partial charge in [0.05, 0.1) is 0 Å². The van der Waals surface area contributed by atoms with Gasteiger partial charge in [-0.1, -0.05) is 0 Å². The standard InChI is InChI=1S/C10H20N2O/c1-10(13)11(2)6-5-9-12-7-3-4-8-12/h3-9H2,1-2H3. The van der Waals surface area contributed by atoms with Crippen LogP contribution >= 0.6 is 0 Å². The Hall–Kier alpha value is -0.570. The third-order valence-electron chi connectivity index (χ3n) is 2.70. The van der Waals surface area contributed by atoms with Crippen molar-refractivity contribution in [3.8, 4) is 0 Å². The molecule has 0 aromatic heterocycles. The van der Waals surface area contributed by atoms with Crippen molar-refractivity contribution in [1.82, 2.24) is 9.80 Å². The molecule has 1 amide bonds. The summed E-state index contributed by atoms with van der Waals surface area (Å²) in [6.07, 6.45) is 3.81. The Labute approximate surface area is 80.7 Å². The van der Waals surface area contributed by atoms with Gasteiger partial charge in [0.15, 0.2) is 0 Å². The molecule has 0 N–H and O–H groups in total. The van der Waals surface area contributed by atoms with Gasteiger partial charge in [-0.15, -0.1) is 0 Å². The summed E-state index contributed by atoms with van der Waals surface area (Å²) in [7, 11) is 1.87. The Morgan fingerprint density at radius 2 is 2.00 bits per heavy atom. The molecule has 1 saturated heterocycles. The fraction of sp³-hybridized carbons (Fsp3) is 0.900. The molecule has 0 spiro atoms. The number of carbonyl (C=O) groups is 1. The quantitative estimate of drug-likeness (QED) is 0.649. The van der Waals surface area contributed by atoms with Crippen molar-refractivity contribution in [3.63, 3.8) is 0 Å². The van der Waals surface area contributed by atoms with Gasteiger partial charge in [0.2, 0.25) is 5.91 Å². The lowest BCUT2D eigenvalue weighted by atomic mass is 10.3. The zero-order valence-electron chi connectivity index (χ0n) is 8.75. The van der Waals surface area contributed by atoms with Gasteiger partial charge in [0, 0.05) is 20.5 Å². The van der Waals surface area contributed by atoms with Gasteiger partial charge >= 0.3 is 0 Å². The number of hydrogen-bond donors (Lipinski definition) is 0. The van der Waals surface area contributed by atoms with Crippen molar-refractivity contribution in [2.45, 2.75) is 26.2 Å². The van der Waals surface area contributed by atoms with Crippen LogP contribution in [0.5, 0.6) is 0 Å². The summed E-state index contributed by atoms with van der Waals surface area (Å²) in [5, 5.41) is 0. The van der Waals surface area contributed by atoms with Crippen molar-refractivity contribution >= 4 is 5.91 Å². The van der Waals surface area contributed by atoms with Crippen LogP contribution in [0.2, 0.25) is 0 Å². The molecule has 1 rings (SSSR count). The Morgan fingerprint density at radius 1 is 1.38 bits per heavy atom. The third-order valence-corrected chi connectivity index (χ3v) is 2.70. The first-order valence-corrected chi connectivity index (χ1v) is 5.14. The van der Waals surface area contributed by atoms with Crippen molar-refractivity contribution in [2.75, 3.05) is 33.2 Å². The van der Waals surface area contributed by atoms with Crippen LogP contribution in [0, 0.1) is 0 Å². The Bertz CT molecular complexity index is 164. The molecule has 1 fully saturated rings. The maximum absolute atomic E-state index is 10.9. The van der Waals surface area contributed by atoms with E-state index < -0.39 is 0 Å². The van der Waals surface area contributed by atoms with Gasteiger partial charge in [-0.25, -0.2) is 0 Å². The lowest BCUT2D eigenvalue weighted by Crippen LogP contribution is -2.28. The SMILES string of the molecule is CC(=O)N(C)CCCN1CCCC1. The monoisotopic (exact) mass is 184 g/mol. The highest BCUT2D eigenvalue weighted by atomic mass is 16.2. The minimum absolute atomic E-state index is 0.168. The molecular formula is C10H20N2O. The van der Waals surface area contributed by atoms with Crippen LogP contribution < -0.4 is 0 Å². The molecule has 3 nitrogen and oxygen atoms in total. The Morgan fingerprint density at radius 3 is 2.54 bits per heavy atom. The molecule has 1 aliphatic heterocycles. The first kappa shape index (κ1) is 10.5.